The average Bonchev–Trinajstić information content (AvgIpc) is 2.90. The molecule has 0 fully saturated rings. The van der Waals surface area contributed by atoms with Gasteiger partial charge in [0.05, 0.1) is 43.3 Å². The summed E-state index contributed by atoms with van der Waals surface area (Å²) in [6.45, 7) is 2.98. The maximum atomic E-state index is 13.5. The van der Waals surface area contributed by atoms with Gasteiger partial charge in [0, 0.05) is 24.6 Å². The second-order valence-electron chi connectivity index (χ2n) is 10.0. The van der Waals surface area contributed by atoms with Crippen LogP contribution in [0.5, 0.6) is 0 Å². The Bertz CT molecular complexity index is 1260. The van der Waals surface area contributed by atoms with Gasteiger partial charge in [-0.05, 0) is 30.2 Å². The molecule has 13 nitrogen and oxygen atoms in total. The van der Waals surface area contributed by atoms with Crippen LogP contribution >= 0.6 is 0 Å². The number of hydrogen-bond donors (Lipinski definition) is 6. The number of carboxylic acid groups (broad SMARTS) is 1. The van der Waals surface area contributed by atoms with Crippen molar-refractivity contribution in [1.82, 2.24) is 9.97 Å². The molecule has 1 aromatic heterocycles. The summed E-state index contributed by atoms with van der Waals surface area (Å²) in [6.07, 6.45) is 0.860. The number of carbonyl (C=O) groups is 1. The number of nitrogens with zero attached hydrogens (tertiary/aromatic N) is 4. The number of carboxylic acids is 1. The minimum atomic E-state index is -3.65. The molecule has 1 unspecified atom stereocenters. The van der Waals surface area contributed by atoms with Gasteiger partial charge in [0.15, 0.2) is 20.2 Å². The minimum absolute atomic E-state index is 0.0601. The third-order valence-corrected chi connectivity index (χ3v) is 7.00. The predicted octanol–water partition coefficient (Wildman–Crippen LogP) is 0.684. The number of benzene rings is 1. The van der Waals surface area contributed by atoms with Crippen LogP contribution in [0.4, 0.5) is 10.3 Å². The van der Waals surface area contributed by atoms with Gasteiger partial charge in [-0.3, -0.25) is 9.28 Å². The normalized spacial score (nSPS) is 13.6. The molecule has 230 valence electrons. The Labute approximate surface area is 239 Å². The Hall–Kier alpha value is -3.05. The number of halogens is 1. The number of aliphatic hydroxyl groups is 5. The van der Waals surface area contributed by atoms with Crippen molar-refractivity contribution < 1.29 is 52.7 Å². The van der Waals surface area contributed by atoms with Crippen molar-refractivity contribution in [3.63, 3.8) is 0 Å². The molecular formula is C26H40FN4O9S+. The molecule has 0 spiro atoms. The Balaban J connectivity index is 0.000000915. The number of anilines is 1. The Morgan fingerprint density at radius 2 is 1.61 bits per heavy atom. The number of quaternary nitrogens is 1. The average molecular weight is 604 g/mol. The van der Waals surface area contributed by atoms with Gasteiger partial charge < -0.3 is 30.6 Å². The molecule has 6 N–H and O–H groups in total. The molecule has 0 bridgehead atoms. The van der Waals surface area contributed by atoms with E-state index in [-0.39, 0.29) is 43.0 Å². The Kier molecular flexibility index (Phi) is 13.9. The first-order valence-corrected chi connectivity index (χ1v) is 14.4. The highest BCUT2D eigenvalue weighted by atomic mass is 32.2. The summed E-state index contributed by atoms with van der Waals surface area (Å²) < 4.78 is 38.5. The number of aliphatic hydroxyl groups excluding tert-OH is 5. The highest BCUT2D eigenvalue weighted by molar-refractivity contribution is 7.92. The summed E-state index contributed by atoms with van der Waals surface area (Å²) in [7, 11) is -0.784. The monoisotopic (exact) mass is 603 g/mol. The van der Waals surface area contributed by atoms with E-state index in [2.05, 4.69) is 9.97 Å². The summed E-state index contributed by atoms with van der Waals surface area (Å²) in [5, 5.41) is 54.1. The van der Waals surface area contributed by atoms with E-state index in [1.54, 1.807) is 7.05 Å². The standard InChI is InChI=1S/C22H28FN3O6S.C4H12NO3/c1-13(2)20-18(10-9-16(27)11-17(28)12-19(29)30)21(14-5-7-15(23)8-6-14)25-22(24-20)26(3)33(4,31)32;1-5(2-6,3-7)4-8/h5-10,13,16-17,27-28H,11-12H2,1-4H3,(H,29,30);6-8H,2-4H2,1H3/q;+1/b10-9+;/t16?,17-;/m0./s1. The van der Waals surface area contributed by atoms with Gasteiger partial charge in [0.1, 0.15) is 5.82 Å². The summed E-state index contributed by atoms with van der Waals surface area (Å²) in [5.74, 6) is -1.87. The van der Waals surface area contributed by atoms with Crippen molar-refractivity contribution in [2.45, 2.75) is 44.8 Å². The second kappa shape index (κ2) is 15.8. The lowest BCUT2D eigenvalue weighted by molar-refractivity contribution is -0.959. The van der Waals surface area contributed by atoms with Crippen LogP contribution in [-0.2, 0) is 14.8 Å². The first-order valence-electron chi connectivity index (χ1n) is 12.5. The predicted molar refractivity (Wildman–Crippen MR) is 150 cm³/mol. The van der Waals surface area contributed by atoms with Crippen LogP contribution in [0, 0.1) is 5.82 Å². The van der Waals surface area contributed by atoms with Crippen molar-refractivity contribution in [1.29, 1.82) is 0 Å². The summed E-state index contributed by atoms with van der Waals surface area (Å²) >= 11 is 0. The van der Waals surface area contributed by atoms with Gasteiger partial charge in [-0.1, -0.05) is 26.0 Å². The van der Waals surface area contributed by atoms with Crippen molar-refractivity contribution in [3.05, 3.63) is 47.4 Å². The third kappa shape index (κ3) is 11.4. The molecule has 0 aliphatic heterocycles. The number of aliphatic carboxylic acids is 1. The van der Waals surface area contributed by atoms with Crippen LogP contribution in [0.15, 0.2) is 30.3 Å². The lowest BCUT2D eigenvalue weighted by Crippen LogP contribution is -2.46. The van der Waals surface area contributed by atoms with E-state index in [0.29, 0.717) is 22.5 Å². The van der Waals surface area contributed by atoms with Crippen LogP contribution in [0.25, 0.3) is 17.3 Å². The summed E-state index contributed by atoms with van der Waals surface area (Å²) in [5.41, 5.74) is 1.80. The molecule has 1 aromatic carbocycles. The van der Waals surface area contributed by atoms with Gasteiger partial charge in [0.2, 0.25) is 16.0 Å². The lowest BCUT2D eigenvalue weighted by atomic mass is 9.97. The quantitative estimate of drug-likeness (QED) is 0.139. The second-order valence-corrected chi connectivity index (χ2v) is 12.0. The third-order valence-electron chi connectivity index (χ3n) is 5.84. The number of aromatic nitrogens is 2. The van der Waals surface area contributed by atoms with Crippen molar-refractivity contribution in [3.8, 4) is 11.3 Å². The molecule has 15 heteroatoms. The van der Waals surface area contributed by atoms with Crippen molar-refractivity contribution in [2.24, 2.45) is 0 Å². The Morgan fingerprint density at radius 3 is 2.02 bits per heavy atom. The van der Waals surface area contributed by atoms with E-state index in [1.807, 2.05) is 13.8 Å². The highest BCUT2D eigenvalue weighted by Gasteiger charge is 2.22. The maximum Gasteiger partial charge on any atom is 0.305 e. The molecule has 41 heavy (non-hydrogen) atoms. The molecule has 0 amide bonds. The van der Waals surface area contributed by atoms with Crippen molar-refractivity contribution in [2.75, 3.05) is 44.8 Å². The molecule has 1 heterocycles. The summed E-state index contributed by atoms with van der Waals surface area (Å²) in [4.78, 5) is 19.6. The van der Waals surface area contributed by atoms with Crippen LogP contribution < -0.4 is 4.31 Å². The SMILES string of the molecule is CC(C)c1nc(N(C)S(C)(=O)=O)nc(-c2ccc(F)cc2)c1/C=C/C(O)C[C@H](O)CC(=O)O.C[N+](CO)(CO)CO. The van der Waals surface area contributed by atoms with Gasteiger partial charge in [-0.2, -0.15) is 0 Å². The van der Waals surface area contributed by atoms with Crippen LogP contribution in [0.3, 0.4) is 0 Å². The fraction of sp³-hybridized carbons (Fsp3) is 0.500. The van der Waals surface area contributed by atoms with Gasteiger partial charge in [-0.15, -0.1) is 0 Å². The molecule has 0 aliphatic rings. The smallest absolute Gasteiger partial charge is 0.305 e. The molecule has 2 aromatic rings. The Morgan fingerprint density at radius 1 is 1.07 bits per heavy atom. The molecular weight excluding hydrogens is 563 g/mol. The van der Waals surface area contributed by atoms with E-state index in [4.69, 9.17) is 20.4 Å². The van der Waals surface area contributed by atoms with Crippen molar-refractivity contribution >= 4 is 28.0 Å². The molecule has 2 rings (SSSR count). The first kappa shape index (κ1) is 36.0. The molecule has 0 aliphatic carbocycles. The van der Waals surface area contributed by atoms with Gasteiger partial charge >= 0.3 is 5.97 Å². The zero-order valence-electron chi connectivity index (χ0n) is 23.7. The highest BCUT2D eigenvalue weighted by Crippen LogP contribution is 2.31. The van der Waals surface area contributed by atoms with E-state index in [9.17, 15) is 27.8 Å². The molecule has 0 saturated carbocycles. The maximum absolute atomic E-state index is 13.5. The topological polar surface area (TPSA) is 202 Å². The van der Waals surface area contributed by atoms with Crippen LogP contribution in [0.2, 0.25) is 0 Å². The first-order chi connectivity index (χ1) is 19.0. The zero-order valence-corrected chi connectivity index (χ0v) is 24.5. The van der Waals surface area contributed by atoms with Crippen LogP contribution in [-0.4, -0.2) is 112 Å². The number of sulfonamides is 1. The van der Waals surface area contributed by atoms with E-state index < -0.39 is 40.4 Å². The zero-order chi connectivity index (χ0) is 31.5. The van der Waals surface area contributed by atoms with E-state index >= 15 is 0 Å². The lowest BCUT2D eigenvalue weighted by Gasteiger charge is -2.25. The number of rotatable bonds is 13. The van der Waals surface area contributed by atoms with Gasteiger partial charge in [-0.25, -0.2) is 27.1 Å². The minimum Gasteiger partial charge on any atom is -0.481 e. The number of hydrogen-bond acceptors (Lipinski definition) is 10. The van der Waals surface area contributed by atoms with Gasteiger partial charge in [0.25, 0.3) is 0 Å². The fourth-order valence-electron chi connectivity index (χ4n) is 3.18. The molecule has 0 radical (unpaired) electrons. The summed E-state index contributed by atoms with van der Waals surface area (Å²) in [6, 6.07) is 5.49. The van der Waals surface area contributed by atoms with Crippen LogP contribution in [0.1, 0.15) is 43.9 Å². The van der Waals surface area contributed by atoms with E-state index in [0.717, 1.165) is 10.6 Å². The fourth-order valence-corrected chi connectivity index (χ4v) is 3.56. The molecule has 2 atom stereocenters. The molecule has 0 saturated heterocycles. The van der Waals surface area contributed by atoms with E-state index in [1.165, 1.54) is 43.5 Å². The largest absolute Gasteiger partial charge is 0.481 e.